The molecule has 2 aliphatic heterocycles. The molecular formula is C11H14O2. The zero-order valence-corrected chi connectivity index (χ0v) is 7.88. The summed E-state index contributed by atoms with van der Waals surface area (Å²) >= 11 is 0. The molecule has 7 aliphatic rings. The molecule has 0 aromatic rings. The molecule has 0 aromatic heterocycles. The maximum Gasteiger partial charge on any atom is 0.313 e. The lowest BCUT2D eigenvalue weighted by Crippen LogP contribution is -2.67. The summed E-state index contributed by atoms with van der Waals surface area (Å²) in [5, 5.41) is 0. The standard InChI is InChI=1S/C11H14O2/c1-6-7-2-3-8-10(4-7)5-11(6,8)13-9(10)12/h6-8H,2-5H2,1H3/t6-,7?,8?,10?,11?/m0/s1. The fourth-order valence-electron chi connectivity index (χ4n) is 4.84. The Balaban J connectivity index is 1.94. The van der Waals surface area contributed by atoms with E-state index in [1.54, 1.807) is 0 Å². The molecule has 0 aromatic carbocycles. The van der Waals surface area contributed by atoms with Crippen LogP contribution in [-0.4, -0.2) is 11.6 Å². The van der Waals surface area contributed by atoms with Gasteiger partial charge in [0.1, 0.15) is 5.60 Å². The Bertz CT molecular complexity index is 324. The van der Waals surface area contributed by atoms with E-state index in [4.69, 9.17) is 4.74 Å². The number of fused-ring (bicyclic) bond motifs is 2. The summed E-state index contributed by atoms with van der Waals surface area (Å²) in [5.41, 5.74) is 0.0493. The molecule has 2 nitrogen and oxygen atoms in total. The van der Waals surface area contributed by atoms with Gasteiger partial charge in [-0.1, -0.05) is 6.92 Å². The predicted octanol–water partition coefficient (Wildman–Crippen LogP) is 1.74. The molecule has 2 saturated heterocycles. The Morgan fingerprint density at radius 2 is 2.31 bits per heavy atom. The summed E-state index contributed by atoms with van der Waals surface area (Å²) in [6, 6.07) is 0. The highest BCUT2D eigenvalue weighted by Gasteiger charge is 2.82. The highest BCUT2D eigenvalue weighted by atomic mass is 16.6. The van der Waals surface area contributed by atoms with Crippen LogP contribution in [0.5, 0.6) is 0 Å². The topological polar surface area (TPSA) is 26.3 Å². The van der Waals surface area contributed by atoms with Crippen molar-refractivity contribution in [3.8, 4) is 0 Å². The van der Waals surface area contributed by atoms with Crippen molar-refractivity contribution >= 4 is 5.97 Å². The fraction of sp³-hybridized carbons (Fsp3) is 0.909. The second-order valence-corrected chi connectivity index (χ2v) is 5.56. The van der Waals surface area contributed by atoms with E-state index < -0.39 is 0 Å². The maximum absolute atomic E-state index is 11.7. The number of ether oxygens (including phenoxy) is 1. The highest BCUT2D eigenvalue weighted by molar-refractivity contribution is 5.85. The minimum Gasteiger partial charge on any atom is -0.458 e. The molecule has 5 atom stereocenters. The lowest BCUT2D eigenvalue weighted by Gasteiger charge is -2.64. The Kier molecular flexibility index (Phi) is 0.818. The monoisotopic (exact) mass is 178 g/mol. The molecule has 5 aliphatic carbocycles. The minimum absolute atomic E-state index is 0.0232. The third-order valence-electron chi connectivity index (χ3n) is 5.47. The van der Waals surface area contributed by atoms with Gasteiger partial charge in [0.25, 0.3) is 0 Å². The average molecular weight is 178 g/mol. The third kappa shape index (κ3) is 0.438. The summed E-state index contributed by atoms with van der Waals surface area (Å²) in [5.74, 6) is 2.17. The first-order valence-corrected chi connectivity index (χ1v) is 5.42. The van der Waals surface area contributed by atoms with Crippen molar-refractivity contribution in [1.29, 1.82) is 0 Å². The normalized spacial score (nSPS) is 66.2. The molecule has 4 unspecified atom stereocenters. The van der Waals surface area contributed by atoms with Crippen LogP contribution in [0.2, 0.25) is 0 Å². The number of carbonyl (C=O) groups excluding carboxylic acids is 1. The minimum atomic E-state index is 0.0232. The van der Waals surface area contributed by atoms with Crippen LogP contribution in [0, 0.1) is 23.2 Å². The van der Waals surface area contributed by atoms with Crippen molar-refractivity contribution in [2.45, 2.75) is 38.2 Å². The SMILES string of the molecule is C[C@H]1C2CCC3C4(C2)CC31OC4=O. The number of esters is 1. The van der Waals surface area contributed by atoms with Gasteiger partial charge in [-0.15, -0.1) is 0 Å². The van der Waals surface area contributed by atoms with Crippen molar-refractivity contribution in [3.63, 3.8) is 0 Å². The van der Waals surface area contributed by atoms with Gasteiger partial charge in [0.05, 0.1) is 5.41 Å². The van der Waals surface area contributed by atoms with Crippen molar-refractivity contribution in [2.75, 3.05) is 0 Å². The van der Waals surface area contributed by atoms with Crippen molar-refractivity contribution in [1.82, 2.24) is 0 Å². The van der Waals surface area contributed by atoms with Crippen LogP contribution in [0.4, 0.5) is 0 Å². The van der Waals surface area contributed by atoms with E-state index in [1.807, 2.05) is 0 Å². The number of rotatable bonds is 0. The van der Waals surface area contributed by atoms with Gasteiger partial charge >= 0.3 is 5.97 Å². The largest absolute Gasteiger partial charge is 0.458 e. The molecule has 5 saturated carbocycles. The smallest absolute Gasteiger partial charge is 0.313 e. The van der Waals surface area contributed by atoms with Crippen LogP contribution in [0.1, 0.15) is 32.6 Å². The lowest BCUT2D eigenvalue weighted by molar-refractivity contribution is -0.210. The van der Waals surface area contributed by atoms with E-state index in [0.29, 0.717) is 11.8 Å². The van der Waals surface area contributed by atoms with E-state index in [0.717, 1.165) is 18.8 Å². The zero-order chi connectivity index (χ0) is 8.84. The van der Waals surface area contributed by atoms with E-state index in [9.17, 15) is 4.79 Å². The lowest BCUT2D eigenvalue weighted by atomic mass is 9.37. The summed E-state index contributed by atoms with van der Waals surface area (Å²) in [6.07, 6.45) is 4.79. The number of carbonyl (C=O) groups is 1. The molecule has 7 fully saturated rings. The second-order valence-electron chi connectivity index (χ2n) is 5.56. The third-order valence-corrected chi connectivity index (χ3v) is 5.47. The van der Waals surface area contributed by atoms with Crippen LogP contribution in [-0.2, 0) is 9.53 Å². The first-order chi connectivity index (χ1) is 6.19. The molecular weight excluding hydrogens is 164 g/mol. The molecule has 0 radical (unpaired) electrons. The Morgan fingerprint density at radius 3 is 3.08 bits per heavy atom. The predicted molar refractivity (Wildman–Crippen MR) is 45.9 cm³/mol. The second kappa shape index (κ2) is 1.55. The Morgan fingerprint density at radius 1 is 1.46 bits per heavy atom. The van der Waals surface area contributed by atoms with Gasteiger partial charge in [-0.05, 0) is 31.1 Å². The van der Waals surface area contributed by atoms with E-state index >= 15 is 0 Å². The molecule has 2 spiro atoms. The van der Waals surface area contributed by atoms with Gasteiger partial charge < -0.3 is 4.74 Å². The number of hydrogen-bond donors (Lipinski definition) is 0. The van der Waals surface area contributed by atoms with Crippen molar-refractivity contribution < 1.29 is 9.53 Å². The molecule has 4 bridgehead atoms. The molecule has 2 heterocycles. The van der Waals surface area contributed by atoms with Gasteiger partial charge in [-0.3, -0.25) is 4.79 Å². The average Bonchev–Trinajstić information content (AvgIpc) is 2.46. The van der Waals surface area contributed by atoms with Gasteiger partial charge in [-0.25, -0.2) is 0 Å². The molecule has 70 valence electrons. The van der Waals surface area contributed by atoms with Gasteiger partial charge in [-0.2, -0.15) is 0 Å². The van der Waals surface area contributed by atoms with Gasteiger partial charge in [0.2, 0.25) is 0 Å². The van der Waals surface area contributed by atoms with Crippen LogP contribution in [0.25, 0.3) is 0 Å². The molecule has 2 heteroatoms. The highest BCUT2D eigenvalue weighted by Crippen LogP contribution is 2.77. The maximum atomic E-state index is 11.7. The van der Waals surface area contributed by atoms with Crippen LogP contribution in [0.3, 0.4) is 0 Å². The van der Waals surface area contributed by atoms with Crippen LogP contribution < -0.4 is 0 Å². The summed E-state index contributed by atoms with van der Waals surface area (Å²) in [7, 11) is 0. The zero-order valence-electron chi connectivity index (χ0n) is 7.88. The van der Waals surface area contributed by atoms with E-state index in [1.165, 1.54) is 12.8 Å². The Hall–Kier alpha value is -0.530. The van der Waals surface area contributed by atoms with Gasteiger partial charge in [0.15, 0.2) is 0 Å². The fourth-order valence-corrected chi connectivity index (χ4v) is 4.84. The van der Waals surface area contributed by atoms with E-state index in [2.05, 4.69) is 6.92 Å². The molecule has 13 heavy (non-hydrogen) atoms. The summed E-state index contributed by atoms with van der Waals surface area (Å²) in [4.78, 5) is 11.7. The molecule has 0 N–H and O–H groups in total. The first-order valence-electron chi connectivity index (χ1n) is 5.42. The first kappa shape index (κ1) is 6.86. The summed E-state index contributed by atoms with van der Waals surface area (Å²) in [6.45, 7) is 2.29. The van der Waals surface area contributed by atoms with Crippen LogP contribution in [0.15, 0.2) is 0 Å². The molecule has 0 amide bonds. The number of hydrogen-bond acceptors (Lipinski definition) is 2. The van der Waals surface area contributed by atoms with Crippen molar-refractivity contribution in [3.05, 3.63) is 0 Å². The van der Waals surface area contributed by atoms with Gasteiger partial charge in [0, 0.05) is 12.3 Å². The summed E-state index contributed by atoms with van der Waals surface area (Å²) < 4.78 is 5.64. The Labute approximate surface area is 77.6 Å². The molecule has 7 rings (SSSR count). The quantitative estimate of drug-likeness (QED) is 0.528. The van der Waals surface area contributed by atoms with Crippen molar-refractivity contribution in [2.24, 2.45) is 23.2 Å². The van der Waals surface area contributed by atoms with Crippen LogP contribution >= 0.6 is 0 Å². The van der Waals surface area contributed by atoms with E-state index in [-0.39, 0.29) is 17.0 Å².